The lowest BCUT2D eigenvalue weighted by Gasteiger charge is -2.26. The Morgan fingerprint density at radius 1 is 1.22 bits per heavy atom. The molecule has 1 heterocycles. The van der Waals surface area contributed by atoms with Crippen LogP contribution >= 0.6 is 0 Å². The molecule has 1 aliphatic rings. The molecule has 128 valence electrons. The number of benzene rings is 1. The zero-order chi connectivity index (χ0) is 17.6. The minimum atomic E-state index is -3.56. The first kappa shape index (κ1) is 17.9. The summed E-state index contributed by atoms with van der Waals surface area (Å²) in [5.74, 6) is -0.417. The van der Waals surface area contributed by atoms with Gasteiger partial charge in [0.1, 0.15) is 0 Å². The number of nitrogens with two attached hydrogens (primary N) is 1. The summed E-state index contributed by atoms with van der Waals surface area (Å²) in [5.41, 5.74) is 4.25. The van der Waals surface area contributed by atoms with Crippen molar-refractivity contribution in [2.75, 3.05) is 17.2 Å². The van der Waals surface area contributed by atoms with Crippen molar-refractivity contribution >= 4 is 21.6 Å². The summed E-state index contributed by atoms with van der Waals surface area (Å²) in [5, 5.41) is 5.11. The van der Waals surface area contributed by atoms with Crippen LogP contribution in [0.4, 0.5) is 5.69 Å². The van der Waals surface area contributed by atoms with Gasteiger partial charge in [-0.25, -0.2) is 13.6 Å². The summed E-state index contributed by atoms with van der Waals surface area (Å²) in [7, 11) is -3.56. The van der Waals surface area contributed by atoms with Crippen LogP contribution in [0.1, 0.15) is 43.9 Å². The van der Waals surface area contributed by atoms with Gasteiger partial charge in [-0.1, -0.05) is 32.9 Å². The Morgan fingerprint density at radius 3 is 2.17 bits per heavy atom. The molecule has 1 aromatic rings. The average molecular weight is 338 g/mol. The Bertz CT molecular complexity index is 710. The van der Waals surface area contributed by atoms with Crippen LogP contribution in [0.2, 0.25) is 0 Å². The minimum absolute atomic E-state index is 0.0339. The quantitative estimate of drug-likeness (QED) is 0.918. The fourth-order valence-corrected chi connectivity index (χ4v) is 4.13. The number of primary sulfonamides is 1. The molecule has 1 amide bonds. The maximum Gasteiger partial charge on any atom is 0.227 e. The second-order valence-corrected chi connectivity index (χ2v) is 9.27. The van der Waals surface area contributed by atoms with Crippen LogP contribution < -0.4 is 10.0 Å². The number of hydrogen-bond donors (Lipinski definition) is 1. The first-order valence-corrected chi connectivity index (χ1v) is 9.52. The number of hydrogen-bond acceptors (Lipinski definition) is 3. The Balaban J connectivity index is 2.34. The third kappa shape index (κ3) is 4.12. The van der Waals surface area contributed by atoms with E-state index in [1.54, 1.807) is 4.90 Å². The predicted octanol–water partition coefficient (Wildman–Crippen LogP) is 2.24. The van der Waals surface area contributed by atoms with Gasteiger partial charge in [-0.05, 0) is 36.0 Å². The van der Waals surface area contributed by atoms with Crippen molar-refractivity contribution in [1.29, 1.82) is 0 Å². The van der Waals surface area contributed by atoms with Crippen molar-refractivity contribution in [3.63, 3.8) is 0 Å². The van der Waals surface area contributed by atoms with Gasteiger partial charge in [0.25, 0.3) is 0 Å². The molecule has 5 nitrogen and oxygen atoms in total. The zero-order valence-corrected chi connectivity index (χ0v) is 15.3. The molecular formula is C17H26N2O3S. The molecule has 0 saturated carbocycles. The Morgan fingerprint density at radius 2 is 1.74 bits per heavy atom. The van der Waals surface area contributed by atoms with Gasteiger partial charge in [0.15, 0.2) is 0 Å². The van der Waals surface area contributed by atoms with E-state index in [1.807, 2.05) is 13.8 Å². The molecule has 0 aliphatic carbocycles. The van der Waals surface area contributed by atoms with E-state index in [4.69, 9.17) is 5.14 Å². The largest absolute Gasteiger partial charge is 0.312 e. The molecule has 23 heavy (non-hydrogen) atoms. The summed E-state index contributed by atoms with van der Waals surface area (Å²) < 4.78 is 22.5. The van der Waals surface area contributed by atoms with Crippen LogP contribution in [0.5, 0.6) is 0 Å². The first-order valence-electron chi connectivity index (χ1n) is 7.81. The second kappa shape index (κ2) is 5.91. The van der Waals surface area contributed by atoms with Crippen molar-refractivity contribution in [2.45, 2.75) is 46.5 Å². The second-order valence-electron chi connectivity index (χ2n) is 7.61. The fourth-order valence-electron chi connectivity index (χ4n) is 3.25. The number of carbonyl (C=O) groups is 1. The van der Waals surface area contributed by atoms with Gasteiger partial charge in [-0.3, -0.25) is 4.79 Å². The molecule has 0 bridgehead atoms. The molecule has 1 saturated heterocycles. The van der Waals surface area contributed by atoms with E-state index in [9.17, 15) is 13.2 Å². The number of amides is 1. The molecule has 1 aromatic carbocycles. The highest BCUT2D eigenvalue weighted by Crippen LogP contribution is 2.35. The molecule has 1 unspecified atom stereocenters. The van der Waals surface area contributed by atoms with Crippen molar-refractivity contribution in [3.05, 3.63) is 28.8 Å². The summed E-state index contributed by atoms with van der Waals surface area (Å²) in [6, 6.07) is 4.23. The van der Waals surface area contributed by atoms with Gasteiger partial charge in [0.2, 0.25) is 15.9 Å². The van der Waals surface area contributed by atoms with Crippen molar-refractivity contribution in [2.24, 2.45) is 11.1 Å². The van der Waals surface area contributed by atoms with E-state index in [-0.39, 0.29) is 29.4 Å². The van der Waals surface area contributed by atoms with E-state index in [0.29, 0.717) is 6.54 Å². The minimum Gasteiger partial charge on any atom is -0.312 e. The van der Waals surface area contributed by atoms with Crippen molar-refractivity contribution in [1.82, 2.24) is 0 Å². The van der Waals surface area contributed by atoms with Gasteiger partial charge in [0, 0.05) is 24.6 Å². The van der Waals surface area contributed by atoms with Crippen LogP contribution in [-0.2, 0) is 20.2 Å². The standard InChI is InChI=1S/C17H26N2O3S/c1-11-6-14(17(3,4)5)7-12(2)16(11)19-9-13(8-15(19)20)10-23(18,21)22/h6-7,13H,8-10H2,1-5H3,(H2,18,21,22). The summed E-state index contributed by atoms with van der Waals surface area (Å²) in [6.45, 7) is 10.9. The molecule has 1 aliphatic heterocycles. The van der Waals surface area contributed by atoms with Gasteiger partial charge in [-0.15, -0.1) is 0 Å². The van der Waals surface area contributed by atoms with E-state index >= 15 is 0 Å². The molecule has 6 heteroatoms. The summed E-state index contributed by atoms with van der Waals surface area (Å²) >= 11 is 0. The average Bonchev–Trinajstić information content (AvgIpc) is 2.65. The number of rotatable bonds is 3. The van der Waals surface area contributed by atoms with E-state index in [2.05, 4.69) is 32.9 Å². The lowest BCUT2D eigenvalue weighted by atomic mass is 9.84. The van der Waals surface area contributed by atoms with Gasteiger partial charge >= 0.3 is 0 Å². The third-order valence-corrected chi connectivity index (χ3v) is 5.24. The molecule has 1 fully saturated rings. The summed E-state index contributed by atoms with van der Waals surface area (Å²) in [4.78, 5) is 14.1. The molecule has 0 spiro atoms. The maximum absolute atomic E-state index is 12.3. The van der Waals surface area contributed by atoms with E-state index in [0.717, 1.165) is 16.8 Å². The first-order chi connectivity index (χ1) is 10.4. The zero-order valence-electron chi connectivity index (χ0n) is 14.5. The van der Waals surface area contributed by atoms with E-state index < -0.39 is 10.0 Å². The molecule has 2 N–H and O–H groups in total. The van der Waals surface area contributed by atoms with Gasteiger partial charge in [0.05, 0.1) is 5.75 Å². The number of carbonyl (C=O) groups excluding carboxylic acids is 1. The SMILES string of the molecule is Cc1cc(C(C)(C)C)cc(C)c1N1CC(CS(N)(=O)=O)CC1=O. The van der Waals surface area contributed by atoms with Crippen LogP contribution in [0.3, 0.4) is 0 Å². The normalized spacial score (nSPS) is 19.5. The molecular weight excluding hydrogens is 312 g/mol. The van der Waals surface area contributed by atoms with Crippen LogP contribution in [0, 0.1) is 19.8 Å². The molecule has 1 atom stereocenters. The highest BCUT2D eigenvalue weighted by atomic mass is 32.2. The lowest BCUT2D eigenvalue weighted by Crippen LogP contribution is -2.28. The fraction of sp³-hybridized carbons (Fsp3) is 0.588. The van der Waals surface area contributed by atoms with Crippen LogP contribution in [0.25, 0.3) is 0 Å². The number of aryl methyl sites for hydroxylation is 2. The number of sulfonamides is 1. The van der Waals surface area contributed by atoms with Crippen molar-refractivity contribution in [3.8, 4) is 0 Å². The molecule has 2 rings (SSSR count). The highest BCUT2D eigenvalue weighted by Gasteiger charge is 2.34. The summed E-state index contributed by atoms with van der Waals surface area (Å²) in [6.07, 6.45) is 0.232. The monoisotopic (exact) mass is 338 g/mol. The Kier molecular flexibility index (Phi) is 4.61. The number of anilines is 1. The topological polar surface area (TPSA) is 80.5 Å². The van der Waals surface area contributed by atoms with E-state index in [1.165, 1.54) is 5.56 Å². The number of nitrogens with zero attached hydrogens (tertiary/aromatic N) is 1. The predicted molar refractivity (Wildman–Crippen MR) is 93.1 cm³/mol. The van der Waals surface area contributed by atoms with Crippen molar-refractivity contribution < 1.29 is 13.2 Å². The molecule has 0 radical (unpaired) electrons. The van der Waals surface area contributed by atoms with Crippen LogP contribution in [-0.4, -0.2) is 26.6 Å². The van der Waals surface area contributed by atoms with Gasteiger partial charge < -0.3 is 4.90 Å². The van der Waals surface area contributed by atoms with Crippen LogP contribution in [0.15, 0.2) is 12.1 Å². The maximum atomic E-state index is 12.3. The highest BCUT2D eigenvalue weighted by molar-refractivity contribution is 7.89. The lowest BCUT2D eigenvalue weighted by molar-refractivity contribution is -0.117. The Labute approximate surface area is 138 Å². The smallest absolute Gasteiger partial charge is 0.227 e. The van der Waals surface area contributed by atoms with Gasteiger partial charge in [-0.2, -0.15) is 0 Å². The Hall–Kier alpha value is -1.40. The molecule has 0 aromatic heterocycles. The third-order valence-electron chi connectivity index (χ3n) is 4.30.